The minimum atomic E-state index is -0.242. The Hall–Kier alpha value is -2.32. The van der Waals surface area contributed by atoms with Gasteiger partial charge in [0.1, 0.15) is 0 Å². The standard InChI is InChI=1S/C21H25N5O2S/c1-13(20(27)23-11-15-5-4-10-28-15)29-21-25-24-19(26(21)14-8-9-14)17-12-22-18-7-3-2-6-16(17)18/h2-3,6-7,12-15,22H,4-5,8-11H2,1H3,(H,23,27). The largest absolute Gasteiger partial charge is 0.376 e. The fourth-order valence-corrected chi connectivity index (χ4v) is 4.78. The molecule has 5 rings (SSSR count). The SMILES string of the molecule is CC(Sc1nnc(-c2c[nH]c3ccccc23)n1C1CC1)C(=O)NCC1CCCO1. The molecule has 1 amide bonds. The van der Waals surface area contributed by atoms with Crippen LogP contribution < -0.4 is 5.32 Å². The number of nitrogens with zero attached hydrogens (tertiary/aromatic N) is 3. The van der Waals surface area contributed by atoms with Gasteiger partial charge in [0.15, 0.2) is 11.0 Å². The van der Waals surface area contributed by atoms with E-state index in [1.807, 2.05) is 25.3 Å². The van der Waals surface area contributed by atoms with Crippen LogP contribution in [-0.4, -0.2) is 50.2 Å². The third-order valence-electron chi connectivity index (χ3n) is 5.59. The van der Waals surface area contributed by atoms with Gasteiger partial charge in [-0.3, -0.25) is 9.36 Å². The summed E-state index contributed by atoms with van der Waals surface area (Å²) in [5.74, 6) is 0.893. The van der Waals surface area contributed by atoms with E-state index in [1.54, 1.807) is 0 Å². The number of fused-ring (bicyclic) bond motifs is 1. The van der Waals surface area contributed by atoms with Gasteiger partial charge in [-0.15, -0.1) is 10.2 Å². The Morgan fingerprint density at radius 1 is 1.34 bits per heavy atom. The number of amides is 1. The van der Waals surface area contributed by atoms with Gasteiger partial charge >= 0.3 is 0 Å². The number of carbonyl (C=O) groups excluding carboxylic acids is 1. The zero-order chi connectivity index (χ0) is 19.8. The Balaban J connectivity index is 1.35. The number of thioether (sulfide) groups is 1. The van der Waals surface area contributed by atoms with Crippen molar-refractivity contribution in [3.05, 3.63) is 30.5 Å². The fourth-order valence-electron chi connectivity index (χ4n) is 3.83. The maximum Gasteiger partial charge on any atom is 0.233 e. The second-order valence-electron chi connectivity index (χ2n) is 7.80. The zero-order valence-corrected chi connectivity index (χ0v) is 17.2. The highest BCUT2D eigenvalue weighted by atomic mass is 32.2. The highest BCUT2D eigenvalue weighted by Gasteiger charge is 2.32. The first-order chi connectivity index (χ1) is 14.2. The van der Waals surface area contributed by atoms with Crippen LogP contribution in [0.2, 0.25) is 0 Å². The van der Waals surface area contributed by atoms with Crippen LogP contribution in [0.15, 0.2) is 35.6 Å². The van der Waals surface area contributed by atoms with Gasteiger partial charge in [0.05, 0.1) is 11.4 Å². The number of carbonyl (C=O) groups is 1. The van der Waals surface area contributed by atoms with Crippen molar-refractivity contribution in [2.24, 2.45) is 0 Å². The number of nitrogens with one attached hydrogen (secondary N) is 2. The highest BCUT2D eigenvalue weighted by Crippen LogP contribution is 2.42. The molecule has 3 heterocycles. The zero-order valence-electron chi connectivity index (χ0n) is 16.4. The normalized spacial score (nSPS) is 20.2. The number of rotatable bonds is 7. The van der Waals surface area contributed by atoms with Gasteiger partial charge in [-0.05, 0) is 38.7 Å². The minimum absolute atomic E-state index is 0.0180. The third-order valence-corrected chi connectivity index (χ3v) is 6.64. The van der Waals surface area contributed by atoms with Crippen LogP contribution in [0, 0.1) is 0 Å². The van der Waals surface area contributed by atoms with Crippen LogP contribution in [0.1, 0.15) is 38.6 Å². The molecule has 3 aromatic rings. The lowest BCUT2D eigenvalue weighted by atomic mass is 10.1. The van der Waals surface area contributed by atoms with E-state index in [9.17, 15) is 4.79 Å². The van der Waals surface area contributed by atoms with Gasteiger partial charge in [0, 0.05) is 41.9 Å². The molecule has 2 atom stereocenters. The van der Waals surface area contributed by atoms with Crippen LogP contribution in [-0.2, 0) is 9.53 Å². The van der Waals surface area contributed by atoms with Crippen molar-refractivity contribution in [2.45, 2.75) is 55.2 Å². The molecule has 2 aromatic heterocycles. The van der Waals surface area contributed by atoms with Crippen molar-refractivity contribution in [3.8, 4) is 11.4 Å². The molecule has 2 unspecified atom stereocenters. The molecule has 152 valence electrons. The molecule has 1 saturated heterocycles. The van der Waals surface area contributed by atoms with E-state index in [1.165, 1.54) is 11.8 Å². The summed E-state index contributed by atoms with van der Waals surface area (Å²) in [4.78, 5) is 15.9. The number of aromatic nitrogens is 4. The smallest absolute Gasteiger partial charge is 0.233 e. The quantitative estimate of drug-likeness (QED) is 0.581. The Kier molecular flexibility index (Phi) is 5.05. The van der Waals surface area contributed by atoms with Gasteiger partial charge in [0.25, 0.3) is 0 Å². The highest BCUT2D eigenvalue weighted by molar-refractivity contribution is 8.00. The molecule has 2 aliphatic rings. The number of ether oxygens (including phenoxy) is 1. The van der Waals surface area contributed by atoms with E-state index in [0.29, 0.717) is 12.6 Å². The molecule has 2 N–H and O–H groups in total. The van der Waals surface area contributed by atoms with E-state index >= 15 is 0 Å². The second kappa shape index (κ2) is 7.84. The Morgan fingerprint density at radius 3 is 3.00 bits per heavy atom. The molecule has 29 heavy (non-hydrogen) atoms. The van der Waals surface area contributed by atoms with Crippen molar-refractivity contribution < 1.29 is 9.53 Å². The first-order valence-electron chi connectivity index (χ1n) is 10.3. The van der Waals surface area contributed by atoms with E-state index in [4.69, 9.17) is 4.74 Å². The number of aromatic amines is 1. The van der Waals surface area contributed by atoms with Gasteiger partial charge < -0.3 is 15.0 Å². The molecule has 0 bridgehead atoms. The topological polar surface area (TPSA) is 84.8 Å². The van der Waals surface area contributed by atoms with Crippen LogP contribution >= 0.6 is 11.8 Å². The van der Waals surface area contributed by atoms with Crippen molar-refractivity contribution >= 4 is 28.6 Å². The summed E-state index contributed by atoms with van der Waals surface area (Å²) in [6, 6.07) is 8.63. The van der Waals surface area contributed by atoms with Crippen LogP contribution in [0.25, 0.3) is 22.3 Å². The summed E-state index contributed by atoms with van der Waals surface area (Å²) in [5.41, 5.74) is 2.14. The fraction of sp³-hybridized carbons (Fsp3) is 0.476. The molecule has 7 nitrogen and oxygen atoms in total. The summed E-state index contributed by atoms with van der Waals surface area (Å²) in [7, 11) is 0. The molecule has 2 fully saturated rings. The predicted molar refractivity (Wildman–Crippen MR) is 113 cm³/mol. The van der Waals surface area contributed by atoms with Crippen molar-refractivity contribution in [1.82, 2.24) is 25.1 Å². The van der Waals surface area contributed by atoms with E-state index < -0.39 is 0 Å². The lowest BCUT2D eigenvalue weighted by Crippen LogP contribution is -2.36. The molecule has 1 aliphatic carbocycles. The molecule has 1 aromatic carbocycles. The number of hydrogen-bond acceptors (Lipinski definition) is 5. The first-order valence-corrected chi connectivity index (χ1v) is 11.2. The van der Waals surface area contributed by atoms with E-state index in [-0.39, 0.29) is 17.3 Å². The molecule has 0 radical (unpaired) electrons. The first kappa shape index (κ1) is 18.7. The Bertz CT molecular complexity index is 1020. The Morgan fingerprint density at radius 2 is 2.21 bits per heavy atom. The summed E-state index contributed by atoms with van der Waals surface area (Å²) >= 11 is 1.48. The summed E-state index contributed by atoms with van der Waals surface area (Å²) in [5, 5.41) is 13.7. The Labute approximate surface area is 173 Å². The molecular weight excluding hydrogens is 386 g/mol. The van der Waals surface area contributed by atoms with Crippen molar-refractivity contribution in [3.63, 3.8) is 0 Å². The molecule has 8 heteroatoms. The predicted octanol–water partition coefficient (Wildman–Crippen LogP) is 3.54. The minimum Gasteiger partial charge on any atom is -0.376 e. The van der Waals surface area contributed by atoms with Gasteiger partial charge in [-0.1, -0.05) is 30.0 Å². The number of H-pyrrole nitrogens is 1. The molecule has 1 saturated carbocycles. The maximum atomic E-state index is 12.6. The average molecular weight is 412 g/mol. The van der Waals surface area contributed by atoms with Crippen molar-refractivity contribution in [1.29, 1.82) is 0 Å². The van der Waals surface area contributed by atoms with Crippen LogP contribution in [0.3, 0.4) is 0 Å². The van der Waals surface area contributed by atoms with Crippen molar-refractivity contribution in [2.75, 3.05) is 13.2 Å². The van der Waals surface area contributed by atoms with E-state index in [0.717, 1.165) is 59.7 Å². The average Bonchev–Trinajstić information content (AvgIpc) is 3.13. The second-order valence-corrected chi connectivity index (χ2v) is 9.10. The van der Waals surface area contributed by atoms with Crippen LogP contribution in [0.4, 0.5) is 0 Å². The number of para-hydroxylation sites is 1. The monoisotopic (exact) mass is 411 g/mol. The van der Waals surface area contributed by atoms with E-state index in [2.05, 4.69) is 37.2 Å². The third kappa shape index (κ3) is 3.79. The lowest BCUT2D eigenvalue weighted by Gasteiger charge is -2.15. The molecule has 1 aliphatic heterocycles. The van der Waals surface area contributed by atoms with Gasteiger partial charge in [-0.25, -0.2) is 0 Å². The number of hydrogen-bond donors (Lipinski definition) is 2. The maximum absolute atomic E-state index is 12.6. The summed E-state index contributed by atoms with van der Waals surface area (Å²) in [6.45, 7) is 3.30. The van der Waals surface area contributed by atoms with Gasteiger partial charge in [0.2, 0.25) is 5.91 Å². The summed E-state index contributed by atoms with van der Waals surface area (Å²) in [6.07, 6.45) is 6.50. The van der Waals surface area contributed by atoms with Crippen LogP contribution in [0.5, 0.6) is 0 Å². The number of benzene rings is 1. The lowest BCUT2D eigenvalue weighted by molar-refractivity contribution is -0.120. The van der Waals surface area contributed by atoms with Gasteiger partial charge in [-0.2, -0.15) is 0 Å². The molecule has 0 spiro atoms. The summed E-state index contributed by atoms with van der Waals surface area (Å²) < 4.78 is 7.80. The molecular formula is C21H25N5O2S.